The van der Waals surface area contributed by atoms with E-state index in [0.717, 1.165) is 17.7 Å². The zero-order chi connectivity index (χ0) is 15.7. The molecule has 3 N–H and O–H groups in total. The number of nitrogens with one attached hydrogen (secondary N) is 2. The second-order valence-electron chi connectivity index (χ2n) is 5.32. The molecule has 0 spiro atoms. The van der Waals surface area contributed by atoms with Crippen LogP contribution in [-0.4, -0.2) is 37.9 Å². The van der Waals surface area contributed by atoms with Gasteiger partial charge in [-0.3, -0.25) is 0 Å². The highest BCUT2D eigenvalue weighted by molar-refractivity contribution is 5.73. The monoisotopic (exact) mass is 294 g/mol. The van der Waals surface area contributed by atoms with Crippen LogP contribution in [0.1, 0.15) is 24.5 Å². The Hall–Kier alpha value is -1.75. The van der Waals surface area contributed by atoms with Gasteiger partial charge >= 0.3 is 6.03 Å². The lowest BCUT2D eigenvalue weighted by molar-refractivity contribution is 0.234. The van der Waals surface area contributed by atoms with Crippen molar-refractivity contribution in [2.75, 3.05) is 26.8 Å². The Labute approximate surface area is 126 Å². The number of aliphatic hydroxyl groups excluding tert-OH is 1. The second kappa shape index (κ2) is 9.23. The number of aliphatic hydroxyl groups is 1. The number of aryl methyl sites for hydroxylation is 1. The highest BCUT2D eigenvalue weighted by atomic mass is 16.5. The van der Waals surface area contributed by atoms with Crippen LogP contribution in [0.3, 0.4) is 0 Å². The molecule has 1 rings (SSSR count). The molecular weight excluding hydrogens is 268 g/mol. The van der Waals surface area contributed by atoms with Crippen molar-refractivity contribution in [2.45, 2.75) is 26.7 Å². The average Bonchev–Trinajstić information content (AvgIpc) is 2.46. The van der Waals surface area contributed by atoms with Crippen LogP contribution in [0.4, 0.5) is 4.79 Å². The number of carbonyl (C=O) groups excluding carboxylic acids is 1. The molecule has 0 heterocycles. The largest absolute Gasteiger partial charge is 0.496 e. The summed E-state index contributed by atoms with van der Waals surface area (Å²) in [4.78, 5) is 11.6. The molecule has 0 fully saturated rings. The van der Waals surface area contributed by atoms with Crippen LogP contribution in [-0.2, 0) is 6.42 Å². The highest BCUT2D eigenvalue weighted by Crippen LogP contribution is 2.19. The molecule has 5 nitrogen and oxygen atoms in total. The molecule has 21 heavy (non-hydrogen) atoms. The van der Waals surface area contributed by atoms with Gasteiger partial charge in [0.15, 0.2) is 0 Å². The van der Waals surface area contributed by atoms with E-state index in [1.54, 1.807) is 7.11 Å². The minimum Gasteiger partial charge on any atom is -0.496 e. The fraction of sp³-hybridized carbons (Fsp3) is 0.562. The summed E-state index contributed by atoms with van der Waals surface area (Å²) < 4.78 is 5.31. The standard InChI is InChI=1S/C16H26N2O3/c1-12-4-5-15(21-3)14(10-12)6-8-17-16(20)18-11-13(2)7-9-19/h4-5,10,13,19H,6-9,11H2,1-3H3,(H2,17,18,20). The van der Waals surface area contributed by atoms with Crippen LogP contribution in [0.15, 0.2) is 18.2 Å². The summed E-state index contributed by atoms with van der Waals surface area (Å²) >= 11 is 0. The molecule has 5 heteroatoms. The van der Waals surface area contributed by atoms with Crippen molar-refractivity contribution in [1.82, 2.24) is 10.6 Å². The van der Waals surface area contributed by atoms with Crippen LogP contribution >= 0.6 is 0 Å². The lowest BCUT2D eigenvalue weighted by Gasteiger charge is -2.13. The molecule has 0 bridgehead atoms. The number of methoxy groups -OCH3 is 1. The zero-order valence-corrected chi connectivity index (χ0v) is 13.1. The van der Waals surface area contributed by atoms with E-state index in [9.17, 15) is 4.79 Å². The first-order valence-electron chi connectivity index (χ1n) is 7.33. The maximum atomic E-state index is 11.6. The fourth-order valence-electron chi connectivity index (χ4n) is 2.07. The molecule has 0 aliphatic heterocycles. The van der Waals surface area contributed by atoms with E-state index in [1.165, 1.54) is 5.56 Å². The zero-order valence-electron chi connectivity index (χ0n) is 13.1. The van der Waals surface area contributed by atoms with Crippen molar-refractivity contribution in [3.05, 3.63) is 29.3 Å². The normalized spacial score (nSPS) is 11.8. The lowest BCUT2D eigenvalue weighted by atomic mass is 10.1. The van der Waals surface area contributed by atoms with Gasteiger partial charge < -0.3 is 20.5 Å². The fourth-order valence-corrected chi connectivity index (χ4v) is 2.07. The SMILES string of the molecule is COc1ccc(C)cc1CCNC(=O)NCC(C)CCO. The van der Waals surface area contributed by atoms with Gasteiger partial charge in [0.2, 0.25) is 0 Å². The van der Waals surface area contributed by atoms with Gasteiger partial charge in [-0.2, -0.15) is 0 Å². The molecule has 1 atom stereocenters. The van der Waals surface area contributed by atoms with Gasteiger partial charge in [-0.15, -0.1) is 0 Å². The molecule has 0 aliphatic carbocycles. The van der Waals surface area contributed by atoms with Crippen molar-refractivity contribution < 1.29 is 14.6 Å². The van der Waals surface area contributed by atoms with E-state index < -0.39 is 0 Å². The Kier molecular flexibility index (Phi) is 7.61. The Bertz CT molecular complexity index is 449. The van der Waals surface area contributed by atoms with Crippen molar-refractivity contribution >= 4 is 6.03 Å². The van der Waals surface area contributed by atoms with E-state index in [0.29, 0.717) is 19.5 Å². The lowest BCUT2D eigenvalue weighted by Crippen LogP contribution is -2.38. The van der Waals surface area contributed by atoms with Gasteiger partial charge in [0.1, 0.15) is 5.75 Å². The number of urea groups is 1. The van der Waals surface area contributed by atoms with E-state index in [1.807, 2.05) is 26.0 Å². The first-order valence-corrected chi connectivity index (χ1v) is 7.33. The number of amides is 2. The number of carbonyl (C=O) groups is 1. The molecule has 0 radical (unpaired) electrons. The quantitative estimate of drug-likeness (QED) is 0.685. The summed E-state index contributed by atoms with van der Waals surface area (Å²) in [6.07, 6.45) is 1.42. The maximum absolute atomic E-state index is 11.6. The maximum Gasteiger partial charge on any atom is 0.314 e. The van der Waals surface area contributed by atoms with Gasteiger partial charge in [-0.1, -0.05) is 24.6 Å². The predicted molar refractivity (Wildman–Crippen MR) is 83.7 cm³/mol. The number of hydrogen-bond acceptors (Lipinski definition) is 3. The predicted octanol–water partition coefficient (Wildman–Crippen LogP) is 1.86. The van der Waals surface area contributed by atoms with Crippen molar-refractivity contribution in [2.24, 2.45) is 5.92 Å². The molecule has 0 aromatic heterocycles. The van der Waals surface area contributed by atoms with E-state index in [2.05, 4.69) is 16.7 Å². The molecule has 0 aliphatic rings. The average molecular weight is 294 g/mol. The molecule has 2 amide bonds. The van der Waals surface area contributed by atoms with Gasteiger partial charge in [0.25, 0.3) is 0 Å². The number of benzene rings is 1. The third-order valence-electron chi connectivity index (χ3n) is 3.35. The van der Waals surface area contributed by atoms with Crippen molar-refractivity contribution in [1.29, 1.82) is 0 Å². The summed E-state index contributed by atoms with van der Waals surface area (Å²) in [5.41, 5.74) is 2.26. The third-order valence-corrected chi connectivity index (χ3v) is 3.35. The van der Waals surface area contributed by atoms with E-state index >= 15 is 0 Å². The topological polar surface area (TPSA) is 70.6 Å². The highest BCUT2D eigenvalue weighted by Gasteiger charge is 2.06. The third kappa shape index (κ3) is 6.49. The van der Waals surface area contributed by atoms with Crippen molar-refractivity contribution in [3.63, 3.8) is 0 Å². The molecule has 1 aromatic carbocycles. The Morgan fingerprint density at radius 1 is 1.38 bits per heavy atom. The Balaban J connectivity index is 2.33. The minimum atomic E-state index is -0.175. The molecule has 1 unspecified atom stereocenters. The molecule has 0 saturated carbocycles. The van der Waals surface area contributed by atoms with E-state index in [-0.39, 0.29) is 18.6 Å². The molecule has 0 saturated heterocycles. The Morgan fingerprint density at radius 3 is 2.81 bits per heavy atom. The van der Waals surface area contributed by atoms with E-state index in [4.69, 9.17) is 9.84 Å². The van der Waals surface area contributed by atoms with Crippen LogP contribution < -0.4 is 15.4 Å². The summed E-state index contributed by atoms with van der Waals surface area (Å²) in [5.74, 6) is 1.12. The summed E-state index contributed by atoms with van der Waals surface area (Å²) in [6, 6.07) is 5.85. The minimum absolute atomic E-state index is 0.150. The smallest absolute Gasteiger partial charge is 0.314 e. The second-order valence-corrected chi connectivity index (χ2v) is 5.32. The van der Waals surface area contributed by atoms with Gasteiger partial charge in [-0.05, 0) is 37.3 Å². The number of hydrogen-bond donors (Lipinski definition) is 3. The van der Waals surface area contributed by atoms with Crippen LogP contribution in [0.25, 0.3) is 0 Å². The van der Waals surface area contributed by atoms with Gasteiger partial charge in [0.05, 0.1) is 7.11 Å². The van der Waals surface area contributed by atoms with Gasteiger partial charge in [-0.25, -0.2) is 4.79 Å². The number of rotatable bonds is 8. The molecule has 118 valence electrons. The molecule has 1 aromatic rings. The Morgan fingerprint density at radius 2 is 2.14 bits per heavy atom. The summed E-state index contributed by atoms with van der Waals surface area (Å²) in [6.45, 7) is 5.30. The molecular formula is C16H26N2O3. The first kappa shape index (κ1) is 17.3. The number of ether oxygens (including phenoxy) is 1. The van der Waals surface area contributed by atoms with Gasteiger partial charge in [0, 0.05) is 19.7 Å². The van der Waals surface area contributed by atoms with Crippen LogP contribution in [0.2, 0.25) is 0 Å². The van der Waals surface area contributed by atoms with Crippen molar-refractivity contribution in [3.8, 4) is 5.75 Å². The summed E-state index contributed by atoms with van der Waals surface area (Å²) in [5, 5.41) is 14.4. The van der Waals surface area contributed by atoms with Crippen LogP contribution in [0.5, 0.6) is 5.75 Å². The van der Waals surface area contributed by atoms with Crippen LogP contribution in [0, 0.1) is 12.8 Å². The first-order chi connectivity index (χ1) is 10.1. The summed E-state index contributed by atoms with van der Waals surface area (Å²) in [7, 11) is 1.65.